The highest BCUT2D eigenvalue weighted by atomic mass is 16.5. The molecule has 5 aromatic rings. The molecule has 0 spiro atoms. The van der Waals surface area contributed by atoms with Crippen LogP contribution in [0.1, 0.15) is 85.4 Å². The lowest BCUT2D eigenvalue weighted by atomic mass is 10.1. The van der Waals surface area contributed by atoms with Gasteiger partial charge in [0.2, 0.25) is 23.5 Å². The molecule has 310 valence electrons. The van der Waals surface area contributed by atoms with Gasteiger partial charge in [0.15, 0.2) is 17.5 Å². The lowest BCUT2D eigenvalue weighted by Gasteiger charge is -2.17. The molecule has 1 saturated carbocycles. The average molecular weight is 813 g/mol. The minimum atomic E-state index is -0.764. The van der Waals surface area contributed by atoms with E-state index in [9.17, 15) is 33.6 Å². The lowest BCUT2D eigenvalue weighted by molar-refractivity contribution is -0.117. The average Bonchev–Trinajstić information content (AvgIpc) is 3.66. The van der Waals surface area contributed by atoms with Crippen LogP contribution in [0.3, 0.4) is 0 Å². The van der Waals surface area contributed by atoms with Crippen molar-refractivity contribution < 1.29 is 38.3 Å². The van der Waals surface area contributed by atoms with Gasteiger partial charge in [0.1, 0.15) is 11.4 Å². The van der Waals surface area contributed by atoms with Crippen molar-refractivity contribution in [3.63, 3.8) is 0 Å². The Labute approximate surface area is 336 Å². The molecule has 0 saturated heterocycles. The number of anilines is 4. The van der Waals surface area contributed by atoms with E-state index in [0.29, 0.717) is 24.2 Å². The zero-order valence-corrected chi connectivity index (χ0v) is 33.2. The number of amides is 6. The van der Waals surface area contributed by atoms with Gasteiger partial charge in [0.05, 0.1) is 24.4 Å². The molecule has 0 aliphatic heterocycles. The van der Waals surface area contributed by atoms with Gasteiger partial charge in [-0.2, -0.15) is 0 Å². The van der Waals surface area contributed by atoms with Crippen molar-refractivity contribution in [2.24, 2.45) is 35.2 Å². The molecule has 6 amide bonds. The molecule has 1 aliphatic rings. The maximum Gasteiger partial charge on any atom is 0.374 e. The highest BCUT2D eigenvalue weighted by molar-refractivity contribution is 6.05. The van der Waals surface area contributed by atoms with Crippen LogP contribution in [0.5, 0.6) is 0 Å². The van der Waals surface area contributed by atoms with Crippen LogP contribution < -0.4 is 31.9 Å². The van der Waals surface area contributed by atoms with Crippen LogP contribution in [-0.4, -0.2) is 97.9 Å². The number of carbonyl (C=O) groups is 7. The number of carbonyl (C=O) groups excluding carboxylic acids is 7. The molecule has 6 N–H and O–H groups in total. The Morgan fingerprint density at radius 3 is 1.80 bits per heavy atom. The van der Waals surface area contributed by atoms with E-state index in [1.54, 1.807) is 69.9 Å². The van der Waals surface area contributed by atoms with Gasteiger partial charge in [0.25, 0.3) is 23.6 Å². The fourth-order valence-corrected chi connectivity index (χ4v) is 6.21. The number of ether oxygens (including phenoxy) is 1. The Bertz CT molecular complexity index is 2460. The number of hydrogen-bond acceptors (Lipinski definition) is 11. The van der Waals surface area contributed by atoms with E-state index in [0.717, 1.165) is 0 Å². The molecule has 6 rings (SSSR count). The van der Waals surface area contributed by atoms with Crippen molar-refractivity contribution in [3.05, 3.63) is 78.2 Å². The topological polar surface area (TPSA) is 264 Å². The van der Waals surface area contributed by atoms with Crippen molar-refractivity contribution in [1.82, 2.24) is 48.4 Å². The second kappa shape index (κ2) is 16.9. The molecule has 5 aromatic heterocycles. The first-order valence-electron chi connectivity index (χ1n) is 18.4. The predicted octanol–water partition coefficient (Wildman–Crippen LogP) is 1.30. The highest BCUT2D eigenvalue weighted by Crippen LogP contribution is 2.39. The largest absolute Gasteiger partial charge is 0.460 e. The van der Waals surface area contributed by atoms with Gasteiger partial charge >= 0.3 is 5.97 Å². The molecule has 0 aromatic carbocycles. The third-order valence-corrected chi connectivity index (χ3v) is 9.33. The standard InChI is InChI=1S/C37H44N14O8/c1-7-59-36(58)31-45-26(20-51(31)6)43-28(53)16-37(9-10-37)46-33(55)24-15-22(18-49(24)4)41-35(57)30-44-25(19-50(30)5)42-27(52)8-11-39-32(54)23-14-21(17-48(23)3)40-34(56)29-38-12-13-47(29)2/h12-15,17-20H,7-11,16H2,1-6H3,(H,39,54)(H,40,56)(H,41,57)(H,42,52)(H,43,53)(H,46,55). The number of aryl methyl sites for hydroxylation is 5. The van der Waals surface area contributed by atoms with Crippen molar-refractivity contribution >= 4 is 64.4 Å². The quantitative estimate of drug-likeness (QED) is 0.0774. The number of esters is 1. The van der Waals surface area contributed by atoms with Crippen molar-refractivity contribution in [1.29, 1.82) is 0 Å². The number of nitrogens with one attached hydrogen (secondary N) is 6. The second-order valence-electron chi connectivity index (χ2n) is 14.1. The lowest BCUT2D eigenvalue weighted by Crippen LogP contribution is -2.40. The molecule has 0 atom stereocenters. The van der Waals surface area contributed by atoms with Gasteiger partial charge in [0, 0.05) is 90.9 Å². The van der Waals surface area contributed by atoms with Crippen LogP contribution in [-0.2, 0) is 49.6 Å². The smallest absolute Gasteiger partial charge is 0.374 e. The Morgan fingerprint density at radius 2 is 1.22 bits per heavy atom. The summed E-state index contributed by atoms with van der Waals surface area (Å²) in [6, 6.07) is 2.99. The molecular weight excluding hydrogens is 768 g/mol. The van der Waals surface area contributed by atoms with E-state index in [4.69, 9.17) is 4.74 Å². The van der Waals surface area contributed by atoms with Gasteiger partial charge in [-0.25, -0.2) is 19.7 Å². The zero-order chi connectivity index (χ0) is 42.6. The molecule has 22 heteroatoms. The summed E-state index contributed by atoms with van der Waals surface area (Å²) in [7, 11) is 8.15. The summed E-state index contributed by atoms with van der Waals surface area (Å²) in [5.74, 6) is -2.89. The van der Waals surface area contributed by atoms with Gasteiger partial charge < -0.3 is 59.5 Å². The van der Waals surface area contributed by atoms with Crippen LogP contribution in [0.4, 0.5) is 23.0 Å². The predicted molar refractivity (Wildman–Crippen MR) is 211 cm³/mol. The Hall–Kier alpha value is -7.52. The summed E-state index contributed by atoms with van der Waals surface area (Å²) in [5, 5.41) is 16.3. The molecule has 5 heterocycles. The molecule has 0 bridgehead atoms. The van der Waals surface area contributed by atoms with Crippen LogP contribution >= 0.6 is 0 Å². The number of rotatable bonds is 16. The minimum Gasteiger partial charge on any atom is -0.460 e. The molecule has 1 aliphatic carbocycles. The van der Waals surface area contributed by atoms with E-state index in [1.165, 1.54) is 44.4 Å². The monoisotopic (exact) mass is 812 g/mol. The molecule has 22 nitrogen and oxygen atoms in total. The Morgan fingerprint density at radius 1 is 0.661 bits per heavy atom. The maximum absolute atomic E-state index is 13.3. The molecule has 0 radical (unpaired) electrons. The van der Waals surface area contributed by atoms with Crippen LogP contribution in [0.15, 0.2) is 49.3 Å². The fourth-order valence-electron chi connectivity index (χ4n) is 6.21. The van der Waals surface area contributed by atoms with E-state index in [-0.39, 0.29) is 66.5 Å². The summed E-state index contributed by atoms with van der Waals surface area (Å²) >= 11 is 0. The minimum absolute atomic E-state index is 0.00624. The van der Waals surface area contributed by atoms with Crippen LogP contribution in [0, 0.1) is 0 Å². The normalized spacial score (nSPS) is 12.6. The summed E-state index contributed by atoms with van der Waals surface area (Å²) < 4.78 is 12.5. The molecule has 1 fully saturated rings. The summed E-state index contributed by atoms with van der Waals surface area (Å²) in [6.07, 6.45) is 10.3. The van der Waals surface area contributed by atoms with Gasteiger partial charge in [-0.1, -0.05) is 0 Å². The summed E-state index contributed by atoms with van der Waals surface area (Å²) in [5.41, 5.74) is 0.433. The number of aromatic nitrogens is 8. The van der Waals surface area contributed by atoms with E-state index in [1.807, 2.05) is 0 Å². The van der Waals surface area contributed by atoms with Crippen molar-refractivity contribution in [3.8, 4) is 0 Å². The van der Waals surface area contributed by atoms with Crippen molar-refractivity contribution in [2.75, 3.05) is 34.4 Å². The second-order valence-corrected chi connectivity index (χ2v) is 14.1. The Kier molecular flexibility index (Phi) is 11.8. The summed E-state index contributed by atoms with van der Waals surface area (Å²) in [4.78, 5) is 102. The first-order valence-corrected chi connectivity index (χ1v) is 18.4. The first kappa shape index (κ1) is 41.1. The molecule has 0 unspecified atom stereocenters. The van der Waals surface area contributed by atoms with Crippen LogP contribution in [0.25, 0.3) is 0 Å². The van der Waals surface area contributed by atoms with Crippen LogP contribution in [0.2, 0.25) is 0 Å². The van der Waals surface area contributed by atoms with Gasteiger partial charge in [-0.15, -0.1) is 0 Å². The van der Waals surface area contributed by atoms with Crippen molar-refractivity contribution in [2.45, 2.75) is 38.1 Å². The number of hydrogen-bond donors (Lipinski definition) is 6. The van der Waals surface area contributed by atoms with E-state index >= 15 is 0 Å². The third-order valence-electron chi connectivity index (χ3n) is 9.33. The zero-order valence-electron chi connectivity index (χ0n) is 33.2. The number of nitrogens with zero attached hydrogens (tertiary/aromatic N) is 8. The SMILES string of the molecule is CCOC(=O)c1nc(NC(=O)CC2(NC(=O)c3cc(NC(=O)c4nc(NC(=O)CCNC(=O)c5cc(NC(=O)c6nccn6C)cn5C)cn4C)cn3C)CC2)cn1C. The first-order chi connectivity index (χ1) is 28.0. The van der Waals surface area contributed by atoms with Gasteiger partial charge in [-0.3, -0.25) is 28.8 Å². The van der Waals surface area contributed by atoms with Gasteiger partial charge in [-0.05, 0) is 31.9 Å². The fraction of sp³-hybridized carbons (Fsp3) is 0.351. The summed E-state index contributed by atoms with van der Waals surface area (Å²) in [6.45, 7) is 1.85. The van der Waals surface area contributed by atoms with E-state index < -0.39 is 47.0 Å². The van der Waals surface area contributed by atoms with E-state index in [2.05, 4.69) is 46.9 Å². The third kappa shape index (κ3) is 9.72. The Balaban J connectivity index is 0.961. The number of imidazole rings is 3. The highest BCUT2D eigenvalue weighted by Gasteiger charge is 2.46. The maximum atomic E-state index is 13.3. The molecule has 59 heavy (non-hydrogen) atoms. The molecular formula is C37H44N14O8.